The molecule has 2 N–H and O–H groups in total. The van der Waals surface area contributed by atoms with Gasteiger partial charge in [-0.1, -0.05) is 25.1 Å². The van der Waals surface area contributed by atoms with Gasteiger partial charge in [0.1, 0.15) is 5.75 Å². The number of hydrogen-bond acceptors (Lipinski definition) is 4. The van der Waals surface area contributed by atoms with Gasteiger partial charge in [-0.25, -0.2) is 5.43 Å². The van der Waals surface area contributed by atoms with Crippen molar-refractivity contribution in [2.75, 3.05) is 11.4 Å². The summed E-state index contributed by atoms with van der Waals surface area (Å²) < 4.78 is 0. The van der Waals surface area contributed by atoms with Crippen LogP contribution in [0.3, 0.4) is 0 Å². The molecule has 0 aromatic heterocycles. The molecular formula is C22H27N3O2. The van der Waals surface area contributed by atoms with E-state index in [-0.39, 0.29) is 16.9 Å². The Morgan fingerprint density at radius 2 is 2.07 bits per heavy atom. The van der Waals surface area contributed by atoms with Gasteiger partial charge in [0.2, 0.25) is 0 Å². The van der Waals surface area contributed by atoms with Crippen LogP contribution in [-0.4, -0.2) is 29.3 Å². The first-order valence-electron chi connectivity index (χ1n) is 9.36. The number of nitrogens with zero attached hydrogens (tertiary/aromatic N) is 2. The normalized spacial score (nSPS) is 18.4. The Labute approximate surface area is 160 Å². The monoisotopic (exact) mass is 365 g/mol. The fourth-order valence-electron chi connectivity index (χ4n) is 4.08. The molecule has 5 heteroatoms. The van der Waals surface area contributed by atoms with Crippen LogP contribution in [0.5, 0.6) is 5.75 Å². The number of benzene rings is 2. The number of hydrazone groups is 1. The lowest BCUT2D eigenvalue weighted by atomic mass is 9.79. The highest BCUT2D eigenvalue weighted by atomic mass is 16.3. The number of carbonyl (C=O) groups excluding carboxylic acids is 1. The number of rotatable bonds is 4. The van der Waals surface area contributed by atoms with E-state index in [0.29, 0.717) is 5.92 Å². The van der Waals surface area contributed by atoms with Crippen molar-refractivity contribution in [2.45, 2.75) is 45.6 Å². The van der Waals surface area contributed by atoms with Crippen molar-refractivity contribution in [3.63, 3.8) is 0 Å². The first-order valence-corrected chi connectivity index (χ1v) is 9.36. The molecule has 2 aromatic carbocycles. The van der Waals surface area contributed by atoms with Crippen LogP contribution in [-0.2, 0) is 0 Å². The fourth-order valence-corrected chi connectivity index (χ4v) is 4.08. The van der Waals surface area contributed by atoms with Crippen LogP contribution < -0.4 is 10.3 Å². The third-order valence-corrected chi connectivity index (χ3v) is 5.25. The summed E-state index contributed by atoms with van der Waals surface area (Å²) >= 11 is 0. The number of aromatic hydroxyl groups is 1. The minimum absolute atomic E-state index is 0.0601. The van der Waals surface area contributed by atoms with E-state index in [4.69, 9.17) is 0 Å². The zero-order valence-corrected chi connectivity index (χ0v) is 16.4. The maximum atomic E-state index is 12.1. The molecule has 0 unspecified atom stereocenters. The summed E-state index contributed by atoms with van der Waals surface area (Å²) in [5.41, 5.74) is 6.34. The van der Waals surface area contributed by atoms with Crippen LogP contribution >= 0.6 is 0 Å². The van der Waals surface area contributed by atoms with Gasteiger partial charge in [-0.2, -0.15) is 5.10 Å². The molecule has 0 saturated carbocycles. The minimum atomic E-state index is -0.436. The van der Waals surface area contributed by atoms with E-state index in [1.54, 1.807) is 24.4 Å². The fraction of sp³-hybridized carbons (Fsp3) is 0.364. The molecule has 1 atom stereocenters. The Hall–Kier alpha value is -2.82. The predicted molar refractivity (Wildman–Crippen MR) is 110 cm³/mol. The van der Waals surface area contributed by atoms with Gasteiger partial charge < -0.3 is 10.0 Å². The van der Waals surface area contributed by atoms with Gasteiger partial charge >= 0.3 is 0 Å². The third kappa shape index (κ3) is 3.82. The largest absolute Gasteiger partial charge is 0.507 e. The van der Waals surface area contributed by atoms with E-state index < -0.39 is 5.91 Å². The first-order chi connectivity index (χ1) is 12.8. The zero-order chi connectivity index (χ0) is 19.6. The average Bonchev–Trinajstić information content (AvgIpc) is 2.62. The molecule has 3 rings (SSSR count). The number of anilines is 1. The topological polar surface area (TPSA) is 64.9 Å². The lowest BCUT2D eigenvalue weighted by Crippen LogP contribution is -2.48. The van der Waals surface area contributed by atoms with Crippen molar-refractivity contribution < 1.29 is 9.90 Å². The van der Waals surface area contributed by atoms with E-state index in [1.807, 2.05) is 6.07 Å². The summed E-state index contributed by atoms with van der Waals surface area (Å²) in [5.74, 6) is -0.0355. The second-order valence-electron chi connectivity index (χ2n) is 7.70. The number of carbonyl (C=O) groups is 1. The Morgan fingerprint density at radius 1 is 1.33 bits per heavy atom. The summed E-state index contributed by atoms with van der Waals surface area (Å²) in [5, 5.41) is 13.8. The molecule has 27 heavy (non-hydrogen) atoms. The molecule has 1 aliphatic rings. The summed E-state index contributed by atoms with van der Waals surface area (Å²) in [6.07, 6.45) is 2.74. The summed E-state index contributed by atoms with van der Waals surface area (Å²) in [7, 11) is 0. The van der Waals surface area contributed by atoms with Crippen molar-refractivity contribution >= 4 is 17.8 Å². The molecule has 142 valence electrons. The molecule has 0 fully saturated rings. The van der Waals surface area contributed by atoms with Gasteiger partial charge in [-0.3, -0.25) is 4.79 Å². The second kappa shape index (κ2) is 7.43. The highest BCUT2D eigenvalue weighted by Gasteiger charge is 2.35. The Balaban J connectivity index is 1.78. The van der Waals surface area contributed by atoms with E-state index in [0.717, 1.165) is 18.5 Å². The number of fused-ring (bicyclic) bond motifs is 1. The molecule has 1 heterocycles. The van der Waals surface area contributed by atoms with Crippen LogP contribution in [0, 0.1) is 0 Å². The molecule has 0 bridgehead atoms. The van der Waals surface area contributed by atoms with Crippen molar-refractivity contribution in [3.8, 4) is 5.75 Å². The van der Waals surface area contributed by atoms with Gasteiger partial charge in [0.25, 0.3) is 5.91 Å². The van der Waals surface area contributed by atoms with E-state index >= 15 is 0 Å². The van der Waals surface area contributed by atoms with E-state index in [1.165, 1.54) is 17.3 Å². The quantitative estimate of drug-likeness (QED) is 0.628. The second-order valence-corrected chi connectivity index (χ2v) is 7.70. The lowest BCUT2D eigenvalue weighted by Gasteiger charge is -2.47. The SMILES string of the molecule is CCN1c2ccc(/C=N/NC(=O)c3ccccc3O)cc2[C@H](C)CC1(C)C. The van der Waals surface area contributed by atoms with Gasteiger partial charge in [-0.05, 0) is 68.5 Å². The minimum Gasteiger partial charge on any atom is -0.507 e. The van der Waals surface area contributed by atoms with Crippen LogP contribution in [0.2, 0.25) is 0 Å². The van der Waals surface area contributed by atoms with Crippen molar-refractivity contribution in [3.05, 3.63) is 59.2 Å². The molecule has 5 nitrogen and oxygen atoms in total. The molecule has 0 saturated heterocycles. The van der Waals surface area contributed by atoms with E-state index in [2.05, 4.69) is 55.3 Å². The molecule has 0 radical (unpaired) electrons. The molecule has 1 aliphatic heterocycles. The molecule has 0 spiro atoms. The van der Waals surface area contributed by atoms with Gasteiger partial charge in [0, 0.05) is 17.8 Å². The molecule has 2 aromatic rings. The highest BCUT2D eigenvalue weighted by Crippen LogP contribution is 2.43. The molecule has 0 aliphatic carbocycles. The van der Waals surface area contributed by atoms with Crippen LogP contribution in [0.1, 0.15) is 61.5 Å². The molecule has 1 amide bonds. The van der Waals surface area contributed by atoms with Gasteiger partial charge in [0.15, 0.2) is 0 Å². The van der Waals surface area contributed by atoms with Crippen LogP contribution in [0.4, 0.5) is 5.69 Å². The van der Waals surface area contributed by atoms with Crippen LogP contribution in [0.25, 0.3) is 0 Å². The first kappa shape index (κ1) is 19.0. The number of phenols is 1. The number of nitrogens with one attached hydrogen (secondary N) is 1. The number of amides is 1. The van der Waals surface area contributed by atoms with Gasteiger partial charge in [-0.15, -0.1) is 0 Å². The average molecular weight is 365 g/mol. The standard InChI is InChI=1S/C22H27N3O2/c1-5-25-19-11-10-16(12-18(19)15(2)13-22(25,3)4)14-23-24-21(27)17-8-6-7-9-20(17)26/h6-12,14-15,26H,5,13H2,1-4H3,(H,24,27)/b23-14+/t15-/m1/s1. The van der Waals surface area contributed by atoms with Crippen molar-refractivity contribution in [2.24, 2.45) is 5.10 Å². The third-order valence-electron chi connectivity index (χ3n) is 5.25. The smallest absolute Gasteiger partial charge is 0.275 e. The number of para-hydroxylation sites is 1. The number of hydrogen-bond donors (Lipinski definition) is 2. The maximum Gasteiger partial charge on any atom is 0.275 e. The Kier molecular flexibility index (Phi) is 5.22. The van der Waals surface area contributed by atoms with Gasteiger partial charge in [0.05, 0.1) is 11.8 Å². The number of phenolic OH excluding ortho intramolecular Hbond substituents is 1. The highest BCUT2D eigenvalue weighted by molar-refractivity contribution is 5.97. The summed E-state index contributed by atoms with van der Waals surface area (Å²) in [6, 6.07) is 12.7. The summed E-state index contributed by atoms with van der Waals surface area (Å²) in [6.45, 7) is 10.00. The lowest BCUT2D eigenvalue weighted by molar-refractivity contribution is 0.0952. The Morgan fingerprint density at radius 3 is 2.78 bits per heavy atom. The van der Waals surface area contributed by atoms with E-state index in [9.17, 15) is 9.90 Å². The van der Waals surface area contributed by atoms with Crippen LogP contribution in [0.15, 0.2) is 47.6 Å². The maximum absolute atomic E-state index is 12.1. The van der Waals surface area contributed by atoms with Crippen molar-refractivity contribution in [1.29, 1.82) is 0 Å². The zero-order valence-electron chi connectivity index (χ0n) is 16.4. The predicted octanol–water partition coefficient (Wildman–Crippen LogP) is 4.27. The van der Waals surface area contributed by atoms with Crippen molar-refractivity contribution in [1.82, 2.24) is 5.43 Å². The Bertz CT molecular complexity index is 874. The molecular weight excluding hydrogens is 338 g/mol. The summed E-state index contributed by atoms with van der Waals surface area (Å²) in [4.78, 5) is 14.5.